The molecular formula is C80H86BN3S. The summed E-state index contributed by atoms with van der Waals surface area (Å²) in [6.45, 7) is 42.0. The van der Waals surface area contributed by atoms with Crippen molar-refractivity contribution in [1.82, 2.24) is 0 Å². The molecule has 0 saturated carbocycles. The van der Waals surface area contributed by atoms with E-state index in [9.17, 15) is 0 Å². The Balaban J connectivity index is 1.22. The molecule has 85 heavy (non-hydrogen) atoms. The summed E-state index contributed by atoms with van der Waals surface area (Å²) in [7, 11) is 0. The van der Waals surface area contributed by atoms with Crippen LogP contribution in [0.15, 0.2) is 194 Å². The molecular weight excluding hydrogens is 1050 g/mol. The fourth-order valence-electron chi connectivity index (χ4n) is 12.8. The third-order valence-corrected chi connectivity index (χ3v) is 19.2. The Kier molecular flexibility index (Phi) is 14.0. The lowest BCUT2D eigenvalue weighted by Crippen LogP contribution is -2.60. The second kappa shape index (κ2) is 20.5. The first-order valence-electron chi connectivity index (χ1n) is 30.9. The zero-order valence-electron chi connectivity index (χ0n) is 53.8. The molecule has 0 aliphatic carbocycles. The van der Waals surface area contributed by atoms with Crippen molar-refractivity contribution in [3.63, 3.8) is 0 Å². The van der Waals surface area contributed by atoms with Crippen LogP contribution < -0.4 is 30.4 Å². The monoisotopic (exact) mass is 1130 g/mol. The van der Waals surface area contributed by atoms with Crippen LogP contribution >= 0.6 is 11.3 Å². The molecule has 12 rings (SSSR count). The fraction of sp³-hybridized carbons (Fsp3) is 0.300. The van der Waals surface area contributed by atoms with E-state index in [0.717, 1.165) is 22.7 Å². The summed E-state index contributed by atoms with van der Waals surface area (Å²) in [6.07, 6.45) is 0. The van der Waals surface area contributed by atoms with Crippen molar-refractivity contribution in [2.45, 2.75) is 157 Å². The van der Waals surface area contributed by atoms with Crippen molar-refractivity contribution in [3.8, 4) is 22.3 Å². The van der Waals surface area contributed by atoms with Crippen molar-refractivity contribution in [2.75, 3.05) is 14.7 Å². The van der Waals surface area contributed by atoms with E-state index in [4.69, 9.17) is 0 Å². The summed E-state index contributed by atoms with van der Waals surface area (Å²) in [5, 5.41) is 1.31. The predicted octanol–water partition coefficient (Wildman–Crippen LogP) is 21.6. The summed E-state index contributed by atoms with van der Waals surface area (Å²) in [5.41, 5.74) is 25.5. The lowest BCUT2D eigenvalue weighted by atomic mass is 9.36. The summed E-state index contributed by atoms with van der Waals surface area (Å²) in [6, 6.07) is 75.4. The topological polar surface area (TPSA) is 9.72 Å². The standard InChI is InChI=1S/C80H86BN3S/c1-75(2,3)53-29-36-59(37-30-53)82(66-42-33-55(77(7,8)9)45-62(66)51-25-21-19-22-26-51)61-40-41-65-68(50-61)84(67-43-34-56(78(10,11)12)46-63(67)52-27-23-20-24-28-52)70-49-58(80(16,17)18)48-69-72(70)81(65)74-73(64-47-57(79(13,14)15)35-44-71(64)85-74)83(69)60-38-31-54(32-39-60)76(4,5)6/h19-50H,1-18H3. The maximum absolute atomic E-state index is 2.68. The van der Waals surface area contributed by atoms with E-state index < -0.39 is 0 Å². The molecule has 5 heteroatoms. The van der Waals surface area contributed by atoms with Crippen LogP contribution in [-0.2, 0) is 32.5 Å². The van der Waals surface area contributed by atoms with Gasteiger partial charge in [0, 0.05) is 60.1 Å². The van der Waals surface area contributed by atoms with E-state index in [2.05, 4.69) is 333 Å². The van der Waals surface area contributed by atoms with Crippen LogP contribution in [0.25, 0.3) is 32.3 Å². The molecule has 2 aliphatic rings. The van der Waals surface area contributed by atoms with Gasteiger partial charge in [-0.2, -0.15) is 0 Å². The molecule has 2 aliphatic heterocycles. The molecule has 0 saturated heterocycles. The van der Waals surface area contributed by atoms with Gasteiger partial charge in [-0.15, -0.1) is 11.3 Å². The van der Waals surface area contributed by atoms with Crippen molar-refractivity contribution in [2.24, 2.45) is 0 Å². The number of nitrogens with zero attached hydrogens (tertiary/aromatic N) is 3. The molecule has 0 unspecified atom stereocenters. The van der Waals surface area contributed by atoms with Crippen LogP contribution in [0.2, 0.25) is 0 Å². The van der Waals surface area contributed by atoms with Gasteiger partial charge in [-0.3, -0.25) is 0 Å². The number of rotatable bonds is 7. The Hall–Kier alpha value is -7.60. The fourth-order valence-corrected chi connectivity index (χ4v) is 14.1. The third-order valence-electron chi connectivity index (χ3n) is 18.0. The zero-order chi connectivity index (χ0) is 60.5. The summed E-state index contributed by atoms with van der Waals surface area (Å²) < 4.78 is 2.68. The van der Waals surface area contributed by atoms with Gasteiger partial charge in [0.25, 0.3) is 6.71 Å². The molecule has 430 valence electrons. The van der Waals surface area contributed by atoms with Gasteiger partial charge in [0.15, 0.2) is 0 Å². The van der Waals surface area contributed by atoms with Gasteiger partial charge in [0.1, 0.15) is 0 Å². The van der Waals surface area contributed by atoms with Crippen LogP contribution in [0.3, 0.4) is 0 Å². The van der Waals surface area contributed by atoms with Crippen molar-refractivity contribution in [1.29, 1.82) is 0 Å². The van der Waals surface area contributed by atoms with Gasteiger partial charge in [0.2, 0.25) is 0 Å². The van der Waals surface area contributed by atoms with E-state index in [1.165, 1.54) is 110 Å². The highest BCUT2D eigenvalue weighted by molar-refractivity contribution is 7.33. The minimum absolute atomic E-state index is 0.00516. The Bertz CT molecular complexity index is 4160. The Morgan fingerprint density at radius 1 is 0.353 bits per heavy atom. The number of hydrogen-bond acceptors (Lipinski definition) is 4. The van der Waals surface area contributed by atoms with E-state index in [1.807, 2.05) is 11.3 Å². The minimum Gasteiger partial charge on any atom is -0.311 e. The molecule has 3 heterocycles. The third kappa shape index (κ3) is 10.5. The van der Waals surface area contributed by atoms with Crippen LogP contribution in [0.5, 0.6) is 0 Å². The van der Waals surface area contributed by atoms with Crippen molar-refractivity contribution < 1.29 is 0 Å². The molecule has 0 atom stereocenters. The number of thiophene rings is 1. The van der Waals surface area contributed by atoms with Gasteiger partial charge in [-0.1, -0.05) is 234 Å². The minimum atomic E-state index is -0.200. The van der Waals surface area contributed by atoms with Gasteiger partial charge in [-0.05, 0) is 173 Å². The lowest BCUT2D eigenvalue weighted by molar-refractivity contribution is 0.590. The average molecular weight is 1130 g/mol. The molecule has 10 aromatic rings. The number of fused-ring (bicyclic) bond motifs is 6. The largest absolute Gasteiger partial charge is 0.311 e. The molecule has 1 aromatic heterocycles. The first-order chi connectivity index (χ1) is 39.9. The maximum Gasteiger partial charge on any atom is 0.264 e. The zero-order valence-corrected chi connectivity index (χ0v) is 54.6. The van der Waals surface area contributed by atoms with Crippen LogP contribution in [-0.4, -0.2) is 6.71 Å². The van der Waals surface area contributed by atoms with Gasteiger partial charge < -0.3 is 14.7 Å². The molecule has 0 N–H and O–H groups in total. The number of anilines is 9. The Morgan fingerprint density at radius 2 is 0.812 bits per heavy atom. The predicted molar refractivity (Wildman–Crippen MR) is 374 cm³/mol. The van der Waals surface area contributed by atoms with Crippen molar-refractivity contribution in [3.05, 3.63) is 228 Å². The van der Waals surface area contributed by atoms with E-state index in [1.54, 1.807) is 0 Å². The quantitative estimate of drug-likeness (QED) is 0.147. The number of hydrogen-bond donors (Lipinski definition) is 0. The molecule has 0 amide bonds. The highest BCUT2D eigenvalue weighted by atomic mass is 32.1. The molecule has 0 radical (unpaired) electrons. The highest BCUT2D eigenvalue weighted by Gasteiger charge is 2.47. The second-order valence-corrected chi connectivity index (χ2v) is 31.5. The molecule has 3 nitrogen and oxygen atoms in total. The molecule has 0 spiro atoms. The Labute approximate surface area is 513 Å². The number of benzene rings is 9. The SMILES string of the molecule is CC(C)(C)c1ccc(N(c2ccc3c(c2)N(c2ccc(C(C)(C)C)cc2-c2ccccc2)c2cc(C(C)(C)C)cc4c2B3c2sc3ccc(C(C)(C)C)cc3c2N4c2ccc(C(C)(C)C)cc2)c2ccc(C(C)(C)C)cc2-c2ccccc2)cc1. The summed E-state index contributed by atoms with van der Waals surface area (Å²) in [5.74, 6) is 0. The highest BCUT2D eigenvalue weighted by Crippen LogP contribution is 2.53. The van der Waals surface area contributed by atoms with E-state index >= 15 is 0 Å². The van der Waals surface area contributed by atoms with Crippen LogP contribution in [0.4, 0.5) is 51.2 Å². The lowest BCUT2D eigenvalue weighted by Gasteiger charge is -2.45. The van der Waals surface area contributed by atoms with Gasteiger partial charge >= 0.3 is 0 Å². The summed E-state index contributed by atoms with van der Waals surface area (Å²) in [4.78, 5) is 7.87. The van der Waals surface area contributed by atoms with Gasteiger partial charge in [0.05, 0.1) is 17.1 Å². The second-order valence-electron chi connectivity index (χ2n) is 30.4. The average Bonchev–Trinajstić information content (AvgIpc) is 1.70. The molecule has 0 fully saturated rings. The van der Waals surface area contributed by atoms with E-state index in [0.29, 0.717) is 0 Å². The van der Waals surface area contributed by atoms with E-state index in [-0.39, 0.29) is 39.2 Å². The first kappa shape index (κ1) is 57.8. The van der Waals surface area contributed by atoms with Crippen molar-refractivity contribution >= 4 is 95.0 Å². The van der Waals surface area contributed by atoms with Gasteiger partial charge in [-0.25, -0.2) is 0 Å². The Morgan fingerprint density at radius 3 is 1.36 bits per heavy atom. The first-order valence-corrected chi connectivity index (χ1v) is 31.7. The normalized spacial score (nSPS) is 13.7. The molecule has 9 aromatic carbocycles. The molecule has 0 bridgehead atoms. The summed E-state index contributed by atoms with van der Waals surface area (Å²) >= 11 is 1.98. The smallest absolute Gasteiger partial charge is 0.264 e. The maximum atomic E-state index is 2.68. The van der Waals surface area contributed by atoms with Crippen LogP contribution in [0, 0.1) is 0 Å². The van der Waals surface area contributed by atoms with Crippen LogP contribution in [0.1, 0.15) is 158 Å².